The van der Waals surface area contributed by atoms with E-state index in [1.165, 1.54) is 4.90 Å². The fourth-order valence-corrected chi connectivity index (χ4v) is 3.33. The van der Waals surface area contributed by atoms with Gasteiger partial charge in [-0.15, -0.1) is 0 Å². The van der Waals surface area contributed by atoms with Crippen molar-refractivity contribution >= 4 is 38.9 Å². The van der Waals surface area contributed by atoms with Crippen LogP contribution in [0.2, 0.25) is 0 Å². The average Bonchev–Trinajstić information content (AvgIpc) is 2.62. The summed E-state index contributed by atoms with van der Waals surface area (Å²) >= 11 is 3.43. The Morgan fingerprint density at radius 3 is 2.50 bits per heavy atom. The van der Waals surface area contributed by atoms with Gasteiger partial charge in [0.2, 0.25) is 0 Å². The van der Waals surface area contributed by atoms with E-state index in [-0.39, 0.29) is 11.3 Å². The second kappa shape index (κ2) is 7.28. The maximum atomic E-state index is 13.7. The van der Waals surface area contributed by atoms with Gasteiger partial charge in [-0.1, -0.05) is 22.0 Å². The first kappa shape index (κ1) is 18.1. The molecule has 26 heavy (non-hydrogen) atoms. The van der Waals surface area contributed by atoms with Crippen molar-refractivity contribution in [1.82, 2.24) is 4.90 Å². The van der Waals surface area contributed by atoms with E-state index in [0.717, 1.165) is 22.3 Å². The van der Waals surface area contributed by atoms with Crippen molar-refractivity contribution < 1.29 is 14.1 Å². The van der Waals surface area contributed by atoms with Crippen LogP contribution in [0, 0.1) is 15.9 Å². The van der Waals surface area contributed by atoms with Gasteiger partial charge in [0.25, 0.3) is 11.6 Å². The van der Waals surface area contributed by atoms with Gasteiger partial charge in [0.15, 0.2) is 0 Å². The molecule has 1 aliphatic rings. The molecule has 1 fully saturated rings. The number of nitrogens with two attached hydrogens (primary N) is 1. The van der Waals surface area contributed by atoms with Gasteiger partial charge < -0.3 is 15.5 Å². The summed E-state index contributed by atoms with van der Waals surface area (Å²) in [6.45, 7) is 2.02. The number of benzene rings is 2. The highest BCUT2D eigenvalue weighted by molar-refractivity contribution is 9.10. The highest BCUT2D eigenvalue weighted by Gasteiger charge is 2.27. The van der Waals surface area contributed by atoms with Gasteiger partial charge in [-0.3, -0.25) is 14.9 Å². The zero-order valence-electron chi connectivity index (χ0n) is 13.7. The molecule has 7 nitrogen and oxygen atoms in total. The van der Waals surface area contributed by atoms with E-state index in [1.54, 1.807) is 0 Å². The van der Waals surface area contributed by atoms with Gasteiger partial charge in [-0.25, -0.2) is 4.39 Å². The molecule has 0 spiro atoms. The maximum Gasteiger partial charge on any atom is 0.295 e. The summed E-state index contributed by atoms with van der Waals surface area (Å²) in [5.74, 6) is -1.36. The van der Waals surface area contributed by atoms with E-state index < -0.39 is 22.3 Å². The quantitative estimate of drug-likeness (QED) is 0.466. The molecule has 0 saturated carbocycles. The lowest BCUT2D eigenvalue weighted by Gasteiger charge is -2.36. The van der Waals surface area contributed by atoms with Crippen molar-refractivity contribution in [2.75, 3.05) is 36.8 Å². The third kappa shape index (κ3) is 3.62. The molecular formula is C17H16BrFN4O3. The number of nitrogens with zero attached hydrogens (tertiary/aromatic N) is 3. The topological polar surface area (TPSA) is 92.7 Å². The van der Waals surface area contributed by atoms with Crippen molar-refractivity contribution in [3.63, 3.8) is 0 Å². The van der Waals surface area contributed by atoms with E-state index in [0.29, 0.717) is 26.2 Å². The van der Waals surface area contributed by atoms with Gasteiger partial charge in [0.05, 0.1) is 16.6 Å². The van der Waals surface area contributed by atoms with Crippen LogP contribution >= 0.6 is 15.9 Å². The fourth-order valence-electron chi connectivity index (χ4n) is 2.94. The van der Waals surface area contributed by atoms with Crippen molar-refractivity contribution in [3.8, 4) is 0 Å². The Hall–Kier alpha value is -2.68. The van der Waals surface area contributed by atoms with Gasteiger partial charge in [-0.05, 0) is 24.3 Å². The molecule has 2 aromatic carbocycles. The number of hydrogen-bond donors (Lipinski definition) is 1. The fraction of sp³-hybridized carbons (Fsp3) is 0.235. The molecule has 9 heteroatoms. The lowest BCUT2D eigenvalue weighted by molar-refractivity contribution is -0.384. The Labute approximate surface area is 157 Å². The highest BCUT2D eigenvalue weighted by atomic mass is 79.9. The Bertz CT molecular complexity index is 869. The number of rotatable bonds is 3. The molecule has 1 heterocycles. The number of nitro benzene ring substituents is 1. The second-order valence-electron chi connectivity index (χ2n) is 5.90. The summed E-state index contributed by atoms with van der Waals surface area (Å²) in [4.78, 5) is 26.5. The standard InChI is InChI=1S/C17H16BrFN4O3/c18-11-2-1-3-13(8-11)21-4-6-22(7-5-21)17(24)14-9-12(19)10-15(16(14)20)23(25)26/h1-3,8-10H,4-7,20H2. The lowest BCUT2D eigenvalue weighted by Crippen LogP contribution is -2.49. The Morgan fingerprint density at radius 1 is 1.19 bits per heavy atom. The summed E-state index contributed by atoms with van der Waals surface area (Å²) in [6, 6.07) is 9.51. The van der Waals surface area contributed by atoms with Crippen LogP contribution in [-0.2, 0) is 0 Å². The zero-order chi connectivity index (χ0) is 18.8. The molecule has 0 aromatic heterocycles. The molecule has 136 valence electrons. The second-order valence-corrected chi connectivity index (χ2v) is 6.82. The number of carbonyl (C=O) groups excluding carboxylic acids is 1. The molecule has 0 atom stereocenters. The zero-order valence-corrected chi connectivity index (χ0v) is 15.3. The number of anilines is 2. The van der Waals surface area contributed by atoms with Crippen molar-refractivity contribution in [3.05, 3.63) is 62.4 Å². The normalized spacial score (nSPS) is 14.4. The van der Waals surface area contributed by atoms with E-state index >= 15 is 0 Å². The molecule has 1 amide bonds. The molecule has 3 rings (SSSR count). The predicted octanol–water partition coefficient (Wildman–Crippen LogP) is 3.04. The van der Waals surface area contributed by atoms with Gasteiger partial charge in [-0.2, -0.15) is 0 Å². The minimum absolute atomic E-state index is 0.174. The van der Waals surface area contributed by atoms with Crippen molar-refractivity contribution in [2.24, 2.45) is 0 Å². The molecule has 1 aliphatic heterocycles. The third-order valence-corrected chi connectivity index (χ3v) is 4.78. The number of hydrogen-bond acceptors (Lipinski definition) is 5. The third-order valence-electron chi connectivity index (χ3n) is 4.29. The molecule has 0 radical (unpaired) electrons. The smallest absolute Gasteiger partial charge is 0.295 e. The van der Waals surface area contributed by atoms with Crippen LogP contribution in [0.1, 0.15) is 10.4 Å². The predicted molar refractivity (Wildman–Crippen MR) is 99.7 cm³/mol. The summed E-state index contributed by atoms with van der Waals surface area (Å²) in [7, 11) is 0. The summed E-state index contributed by atoms with van der Waals surface area (Å²) in [5.41, 5.74) is 5.68. The summed E-state index contributed by atoms with van der Waals surface area (Å²) in [6.07, 6.45) is 0. The molecule has 0 aliphatic carbocycles. The van der Waals surface area contributed by atoms with Crippen LogP contribution in [0.4, 0.5) is 21.5 Å². The highest BCUT2D eigenvalue weighted by Crippen LogP contribution is 2.28. The van der Waals surface area contributed by atoms with E-state index in [1.807, 2.05) is 24.3 Å². The van der Waals surface area contributed by atoms with Gasteiger partial charge >= 0.3 is 0 Å². The SMILES string of the molecule is Nc1c(C(=O)N2CCN(c3cccc(Br)c3)CC2)cc(F)cc1[N+](=O)[O-]. The minimum Gasteiger partial charge on any atom is -0.393 e. The van der Waals surface area contributed by atoms with Gasteiger partial charge in [0, 0.05) is 36.3 Å². The average molecular weight is 423 g/mol. The Balaban J connectivity index is 1.76. The lowest BCUT2D eigenvalue weighted by atomic mass is 10.1. The monoisotopic (exact) mass is 422 g/mol. The first-order valence-corrected chi connectivity index (χ1v) is 8.69. The van der Waals surface area contributed by atoms with Gasteiger partial charge in [0.1, 0.15) is 11.5 Å². The Morgan fingerprint density at radius 2 is 1.88 bits per heavy atom. The number of halogens is 2. The van der Waals surface area contributed by atoms with Crippen molar-refractivity contribution in [2.45, 2.75) is 0 Å². The molecule has 2 aromatic rings. The summed E-state index contributed by atoms with van der Waals surface area (Å²) in [5, 5.41) is 11.0. The first-order chi connectivity index (χ1) is 12.4. The molecule has 1 saturated heterocycles. The van der Waals surface area contributed by atoms with Crippen LogP contribution in [0.5, 0.6) is 0 Å². The van der Waals surface area contributed by atoms with Crippen LogP contribution in [-0.4, -0.2) is 41.9 Å². The molecule has 0 bridgehead atoms. The minimum atomic E-state index is -0.859. The maximum absolute atomic E-state index is 13.7. The number of nitro groups is 1. The van der Waals surface area contributed by atoms with Crippen LogP contribution in [0.25, 0.3) is 0 Å². The van der Waals surface area contributed by atoms with Crippen molar-refractivity contribution in [1.29, 1.82) is 0 Å². The molecular weight excluding hydrogens is 407 g/mol. The number of carbonyl (C=O) groups is 1. The van der Waals surface area contributed by atoms with E-state index in [9.17, 15) is 19.3 Å². The number of nitrogen functional groups attached to an aromatic ring is 1. The largest absolute Gasteiger partial charge is 0.393 e. The first-order valence-electron chi connectivity index (χ1n) is 7.90. The van der Waals surface area contributed by atoms with Crippen LogP contribution < -0.4 is 10.6 Å². The van der Waals surface area contributed by atoms with Crippen LogP contribution in [0.15, 0.2) is 40.9 Å². The number of piperazine rings is 1. The summed E-state index contributed by atoms with van der Waals surface area (Å²) < 4.78 is 14.6. The van der Waals surface area contributed by atoms with E-state index in [4.69, 9.17) is 5.73 Å². The van der Waals surface area contributed by atoms with E-state index in [2.05, 4.69) is 20.8 Å². The number of amides is 1. The Kier molecular flexibility index (Phi) is 5.08. The molecule has 2 N–H and O–H groups in total. The van der Waals surface area contributed by atoms with Crippen LogP contribution in [0.3, 0.4) is 0 Å². The molecule has 0 unspecified atom stereocenters.